The molecule has 0 aliphatic rings. The maximum Gasteiger partial charge on any atom is 0.421 e. The molecule has 0 aliphatic carbocycles. The van der Waals surface area contributed by atoms with E-state index in [1.54, 1.807) is 36.2 Å². The Morgan fingerprint density at radius 1 is 1.03 bits per heavy atom. The molecule has 3 aromatic rings. The van der Waals surface area contributed by atoms with E-state index < -0.39 is 11.7 Å². The highest BCUT2D eigenvalue weighted by molar-refractivity contribution is 5.64. The van der Waals surface area contributed by atoms with E-state index >= 15 is 0 Å². The average molecular weight is 445 g/mol. The van der Waals surface area contributed by atoms with Crippen LogP contribution in [0.2, 0.25) is 0 Å². The van der Waals surface area contributed by atoms with Crippen LogP contribution in [0.3, 0.4) is 0 Å². The maximum atomic E-state index is 13.6. The smallest absolute Gasteiger partial charge is 0.421 e. The van der Waals surface area contributed by atoms with Crippen molar-refractivity contribution in [1.82, 2.24) is 9.97 Å². The minimum Gasteiger partial charge on any atom is -0.491 e. The van der Waals surface area contributed by atoms with Crippen LogP contribution in [0.15, 0.2) is 54.7 Å². The van der Waals surface area contributed by atoms with Crippen molar-refractivity contribution < 1.29 is 17.9 Å². The highest BCUT2D eigenvalue weighted by atomic mass is 19.4. The number of hydrogen-bond donors (Lipinski definition) is 1. The van der Waals surface area contributed by atoms with Gasteiger partial charge in [0.25, 0.3) is 0 Å². The summed E-state index contributed by atoms with van der Waals surface area (Å²) in [5.74, 6) is 0.481. The van der Waals surface area contributed by atoms with Gasteiger partial charge in [0.2, 0.25) is 5.95 Å². The second-order valence-electron chi connectivity index (χ2n) is 7.72. The summed E-state index contributed by atoms with van der Waals surface area (Å²) in [6.07, 6.45) is -1.78. The monoisotopic (exact) mass is 444 g/mol. The zero-order chi connectivity index (χ0) is 23.3. The number of nitrogens with one attached hydrogen (secondary N) is 1. The van der Waals surface area contributed by atoms with Crippen molar-refractivity contribution in [3.63, 3.8) is 0 Å². The van der Waals surface area contributed by atoms with Crippen molar-refractivity contribution in [2.45, 2.75) is 45.9 Å². The molecule has 0 bridgehead atoms. The van der Waals surface area contributed by atoms with Gasteiger partial charge >= 0.3 is 6.18 Å². The Balaban J connectivity index is 1.89. The molecule has 32 heavy (non-hydrogen) atoms. The highest BCUT2D eigenvalue weighted by Gasteiger charge is 2.35. The summed E-state index contributed by atoms with van der Waals surface area (Å²) in [4.78, 5) is 9.81. The zero-order valence-electron chi connectivity index (χ0n) is 18.6. The van der Waals surface area contributed by atoms with Crippen LogP contribution in [0.4, 0.5) is 36.3 Å². The fraction of sp³-hybridized carbons (Fsp3) is 0.333. The normalized spacial score (nSPS) is 11.5. The van der Waals surface area contributed by atoms with Gasteiger partial charge in [0.1, 0.15) is 17.1 Å². The van der Waals surface area contributed by atoms with E-state index in [0.717, 1.165) is 24.7 Å². The average Bonchev–Trinajstić information content (AvgIpc) is 2.74. The molecule has 1 aromatic heterocycles. The fourth-order valence-electron chi connectivity index (χ4n) is 3.15. The van der Waals surface area contributed by atoms with Gasteiger partial charge in [-0.15, -0.1) is 0 Å². The third-order valence-electron chi connectivity index (χ3n) is 4.73. The van der Waals surface area contributed by atoms with Crippen molar-refractivity contribution in [3.8, 4) is 5.75 Å². The van der Waals surface area contributed by atoms with Crippen molar-refractivity contribution in [1.29, 1.82) is 0 Å². The van der Waals surface area contributed by atoms with Gasteiger partial charge in [-0.25, -0.2) is 4.98 Å². The first-order chi connectivity index (χ1) is 15.2. The number of aromatic nitrogens is 2. The molecule has 0 saturated heterocycles. The Hall–Kier alpha value is -3.29. The molecular formula is C24H27F3N4O. The molecule has 170 valence electrons. The first kappa shape index (κ1) is 23.4. The van der Waals surface area contributed by atoms with Crippen molar-refractivity contribution in [2.24, 2.45) is 0 Å². The molecule has 0 aliphatic heterocycles. The number of benzene rings is 2. The largest absolute Gasteiger partial charge is 0.491 e. The lowest BCUT2D eigenvalue weighted by atomic mass is 10.1. The molecule has 0 saturated carbocycles. The molecule has 5 nitrogen and oxygen atoms in total. The lowest BCUT2D eigenvalue weighted by Crippen LogP contribution is -2.17. The predicted molar refractivity (Wildman–Crippen MR) is 121 cm³/mol. The first-order valence-electron chi connectivity index (χ1n) is 10.5. The molecule has 0 unspecified atom stereocenters. The zero-order valence-corrected chi connectivity index (χ0v) is 18.6. The van der Waals surface area contributed by atoms with Gasteiger partial charge in [-0.1, -0.05) is 25.5 Å². The highest BCUT2D eigenvalue weighted by Crippen LogP contribution is 2.36. The second kappa shape index (κ2) is 9.89. The number of halogens is 3. The van der Waals surface area contributed by atoms with Gasteiger partial charge in [-0.05, 0) is 62.2 Å². The Bertz CT molecular complexity index is 1020. The summed E-state index contributed by atoms with van der Waals surface area (Å²) < 4.78 is 46.3. The number of aryl methyl sites for hydroxylation is 1. The van der Waals surface area contributed by atoms with Crippen LogP contribution < -0.4 is 15.0 Å². The summed E-state index contributed by atoms with van der Waals surface area (Å²) in [5.41, 5.74) is 1.51. The number of alkyl halides is 3. The van der Waals surface area contributed by atoms with Gasteiger partial charge in [-0.2, -0.15) is 18.2 Å². The van der Waals surface area contributed by atoms with Gasteiger partial charge in [0.05, 0.1) is 6.10 Å². The number of ether oxygens (including phenoxy) is 1. The topological polar surface area (TPSA) is 50.3 Å². The molecule has 3 rings (SSSR count). The molecule has 0 radical (unpaired) electrons. The van der Waals surface area contributed by atoms with Crippen LogP contribution >= 0.6 is 0 Å². The molecule has 8 heteroatoms. The Morgan fingerprint density at radius 3 is 2.25 bits per heavy atom. The third-order valence-corrected chi connectivity index (χ3v) is 4.73. The van der Waals surface area contributed by atoms with Crippen molar-refractivity contribution >= 4 is 23.1 Å². The number of rotatable bonds is 8. The quantitative estimate of drug-likeness (QED) is 0.417. The lowest BCUT2D eigenvalue weighted by molar-refractivity contribution is -0.137. The van der Waals surface area contributed by atoms with E-state index in [1.807, 2.05) is 38.1 Å². The molecule has 1 N–H and O–H groups in total. The minimum absolute atomic E-state index is 0.00152. The lowest BCUT2D eigenvalue weighted by Gasteiger charge is -2.20. The van der Waals surface area contributed by atoms with E-state index in [4.69, 9.17) is 4.74 Å². The van der Waals surface area contributed by atoms with Crippen LogP contribution in [-0.4, -0.2) is 23.1 Å². The first-order valence-corrected chi connectivity index (χ1v) is 10.5. The van der Waals surface area contributed by atoms with Crippen LogP contribution in [0.25, 0.3) is 0 Å². The van der Waals surface area contributed by atoms with Gasteiger partial charge in [0.15, 0.2) is 0 Å². The van der Waals surface area contributed by atoms with Crippen LogP contribution in [0, 0.1) is 0 Å². The molecule has 0 atom stereocenters. The van der Waals surface area contributed by atoms with Gasteiger partial charge in [0, 0.05) is 24.6 Å². The summed E-state index contributed by atoms with van der Waals surface area (Å²) >= 11 is 0. The molecule has 2 aromatic carbocycles. The summed E-state index contributed by atoms with van der Waals surface area (Å²) in [6, 6.07) is 14.5. The van der Waals surface area contributed by atoms with E-state index in [-0.39, 0.29) is 17.9 Å². The van der Waals surface area contributed by atoms with Gasteiger partial charge < -0.3 is 15.0 Å². The number of anilines is 4. The summed E-state index contributed by atoms with van der Waals surface area (Å²) in [5, 5.41) is 2.78. The molecule has 0 spiro atoms. The maximum absolute atomic E-state index is 13.6. The minimum atomic E-state index is -4.60. The third kappa shape index (κ3) is 5.90. The van der Waals surface area contributed by atoms with Crippen molar-refractivity contribution in [2.75, 3.05) is 17.3 Å². The Morgan fingerprint density at radius 2 is 1.69 bits per heavy atom. The SMILES string of the molecule is CCCc1ccc(N(C)c2ncc(C(F)(F)F)c(Nc3ccc(OC(C)C)cc3)n2)cc1. The van der Waals surface area contributed by atoms with E-state index in [9.17, 15) is 13.2 Å². The summed E-state index contributed by atoms with van der Waals surface area (Å²) in [7, 11) is 1.72. The van der Waals surface area contributed by atoms with E-state index in [0.29, 0.717) is 11.4 Å². The number of hydrogen-bond acceptors (Lipinski definition) is 5. The van der Waals surface area contributed by atoms with Crippen LogP contribution in [-0.2, 0) is 12.6 Å². The molecule has 0 fully saturated rings. The fourth-order valence-corrected chi connectivity index (χ4v) is 3.15. The van der Waals surface area contributed by atoms with E-state index in [1.165, 1.54) is 5.56 Å². The Kier molecular flexibility index (Phi) is 7.22. The molecular weight excluding hydrogens is 417 g/mol. The standard InChI is InChI=1S/C24H27F3N4O/c1-5-6-17-7-11-19(12-8-17)31(4)23-28-15-21(24(25,26)27)22(30-23)29-18-9-13-20(14-10-18)32-16(2)3/h7-16H,5-6H2,1-4H3,(H,28,29,30). The van der Waals surface area contributed by atoms with Crippen LogP contribution in [0.5, 0.6) is 5.75 Å². The molecule has 1 heterocycles. The summed E-state index contributed by atoms with van der Waals surface area (Å²) in [6.45, 7) is 5.91. The number of nitrogens with zero attached hydrogens (tertiary/aromatic N) is 3. The second-order valence-corrected chi connectivity index (χ2v) is 7.72. The Labute approximate surface area is 186 Å². The van der Waals surface area contributed by atoms with Gasteiger partial charge in [-0.3, -0.25) is 0 Å². The predicted octanol–water partition coefficient (Wildman–Crippen LogP) is 6.75. The van der Waals surface area contributed by atoms with Crippen LogP contribution in [0.1, 0.15) is 38.3 Å². The van der Waals surface area contributed by atoms with E-state index in [2.05, 4.69) is 22.2 Å². The molecule has 0 amide bonds. The van der Waals surface area contributed by atoms with Crippen molar-refractivity contribution in [3.05, 3.63) is 65.9 Å².